The molecule has 0 saturated carbocycles. The molecule has 2 aromatic heterocycles. The van der Waals surface area contributed by atoms with Gasteiger partial charge in [-0.3, -0.25) is 0 Å². The molecule has 9 heteroatoms. The highest BCUT2D eigenvalue weighted by molar-refractivity contribution is 7.89. The van der Waals surface area contributed by atoms with Crippen molar-refractivity contribution < 1.29 is 8.42 Å². The fraction of sp³-hybridized carbons (Fsp3) is 0.250. The van der Waals surface area contributed by atoms with Crippen LogP contribution in [0.25, 0.3) is 5.65 Å². The molecule has 0 saturated heterocycles. The van der Waals surface area contributed by atoms with Crippen molar-refractivity contribution in [3.63, 3.8) is 0 Å². The van der Waals surface area contributed by atoms with Gasteiger partial charge < -0.3 is 0 Å². The number of rotatable bonds is 6. The standard InChI is InChI=1S/C16H16Cl2N4O2S/c1-11-8-15-19-9-12(10-22(15)21-11)4-3-7-20-25(23,24)16-13(17)5-2-6-14(16)18/h2,5-6,8-10,20H,3-4,7H2,1H3. The summed E-state index contributed by atoms with van der Waals surface area (Å²) in [7, 11) is -3.75. The number of sulfonamides is 1. The van der Waals surface area contributed by atoms with E-state index in [1.165, 1.54) is 12.1 Å². The van der Waals surface area contributed by atoms with Crippen LogP contribution < -0.4 is 4.72 Å². The second-order valence-electron chi connectivity index (χ2n) is 5.60. The first-order valence-corrected chi connectivity index (χ1v) is 9.85. The molecule has 0 bridgehead atoms. The molecule has 0 unspecified atom stereocenters. The number of nitrogens with one attached hydrogen (secondary N) is 1. The molecule has 0 aliphatic carbocycles. The van der Waals surface area contributed by atoms with Crippen LogP contribution in [0, 0.1) is 6.92 Å². The summed E-state index contributed by atoms with van der Waals surface area (Å²) in [5, 5.41) is 4.52. The summed E-state index contributed by atoms with van der Waals surface area (Å²) in [6.07, 6.45) is 4.94. The van der Waals surface area contributed by atoms with Gasteiger partial charge in [-0.15, -0.1) is 0 Å². The number of halogens is 2. The zero-order chi connectivity index (χ0) is 18.0. The lowest BCUT2D eigenvalue weighted by Crippen LogP contribution is -2.25. The molecule has 0 fully saturated rings. The van der Waals surface area contributed by atoms with E-state index in [4.69, 9.17) is 23.2 Å². The van der Waals surface area contributed by atoms with Gasteiger partial charge >= 0.3 is 0 Å². The molecule has 25 heavy (non-hydrogen) atoms. The Morgan fingerprint density at radius 2 is 1.96 bits per heavy atom. The van der Waals surface area contributed by atoms with Gasteiger partial charge in [0.15, 0.2) is 5.65 Å². The van der Waals surface area contributed by atoms with E-state index in [0.29, 0.717) is 12.8 Å². The summed E-state index contributed by atoms with van der Waals surface area (Å²) < 4.78 is 29.0. The van der Waals surface area contributed by atoms with E-state index >= 15 is 0 Å². The number of benzene rings is 1. The highest BCUT2D eigenvalue weighted by Crippen LogP contribution is 2.28. The van der Waals surface area contributed by atoms with E-state index in [-0.39, 0.29) is 21.5 Å². The van der Waals surface area contributed by atoms with Crippen LogP contribution in [-0.2, 0) is 16.4 Å². The highest BCUT2D eigenvalue weighted by Gasteiger charge is 2.20. The predicted molar refractivity (Wildman–Crippen MR) is 97.7 cm³/mol. The molecule has 1 aromatic carbocycles. The van der Waals surface area contributed by atoms with Gasteiger partial charge in [-0.2, -0.15) is 5.10 Å². The van der Waals surface area contributed by atoms with Crippen LogP contribution in [0.5, 0.6) is 0 Å². The predicted octanol–water partition coefficient (Wildman–Crippen LogP) is 3.26. The monoisotopic (exact) mass is 398 g/mol. The average Bonchev–Trinajstić information content (AvgIpc) is 2.90. The van der Waals surface area contributed by atoms with E-state index in [1.807, 2.05) is 19.2 Å². The Labute approximate surface area is 155 Å². The SMILES string of the molecule is Cc1cc2ncc(CCCNS(=O)(=O)c3c(Cl)cccc3Cl)cn2n1. The second kappa shape index (κ2) is 7.29. The number of nitrogens with zero attached hydrogens (tertiary/aromatic N) is 3. The Balaban J connectivity index is 1.62. The van der Waals surface area contributed by atoms with Gasteiger partial charge in [0.25, 0.3) is 0 Å². The molecule has 3 aromatic rings. The van der Waals surface area contributed by atoms with Gasteiger partial charge in [0.05, 0.1) is 15.7 Å². The second-order valence-corrected chi connectivity index (χ2v) is 8.12. The third kappa shape index (κ3) is 4.12. The first kappa shape index (κ1) is 18.1. The summed E-state index contributed by atoms with van der Waals surface area (Å²) >= 11 is 11.9. The summed E-state index contributed by atoms with van der Waals surface area (Å²) in [6, 6.07) is 6.49. The molecule has 132 valence electrons. The summed E-state index contributed by atoms with van der Waals surface area (Å²) in [4.78, 5) is 4.24. The number of aromatic nitrogens is 3. The molecule has 0 aliphatic rings. The van der Waals surface area contributed by atoms with Crippen molar-refractivity contribution in [1.82, 2.24) is 19.3 Å². The number of hydrogen-bond donors (Lipinski definition) is 1. The number of aryl methyl sites for hydroxylation is 2. The van der Waals surface area contributed by atoms with Crippen molar-refractivity contribution >= 4 is 38.9 Å². The lowest BCUT2D eigenvalue weighted by Gasteiger charge is -2.10. The van der Waals surface area contributed by atoms with Crippen molar-refractivity contribution in [2.45, 2.75) is 24.7 Å². The first-order chi connectivity index (χ1) is 11.9. The molecule has 3 rings (SSSR count). The van der Waals surface area contributed by atoms with Gasteiger partial charge in [0, 0.05) is 25.0 Å². The Bertz CT molecular complexity index is 998. The van der Waals surface area contributed by atoms with E-state index in [1.54, 1.807) is 16.8 Å². The summed E-state index contributed by atoms with van der Waals surface area (Å²) in [5.41, 5.74) is 2.66. The largest absolute Gasteiger partial charge is 0.243 e. The van der Waals surface area contributed by atoms with Gasteiger partial charge in [-0.1, -0.05) is 29.3 Å². The van der Waals surface area contributed by atoms with E-state index in [9.17, 15) is 8.42 Å². The Morgan fingerprint density at radius 3 is 2.68 bits per heavy atom. The quantitative estimate of drug-likeness (QED) is 0.646. The number of fused-ring (bicyclic) bond motifs is 1. The maximum atomic E-state index is 12.4. The first-order valence-electron chi connectivity index (χ1n) is 7.61. The van der Waals surface area contributed by atoms with Crippen LogP contribution in [0.4, 0.5) is 0 Å². The van der Waals surface area contributed by atoms with E-state index in [2.05, 4.69) is 14.8 Å². The van der Waals surface area contributed by atoms with E-state index < -0.39 is 10.0 Å². The smallest absolute Gasteiger partial charge is 0.237 e. The molecule has 0 atom stereocenters. The van der Waals surface area contributed by atoms with Gasteiger partial charge in [0.1, 0.15) is 4.90 Å². The van der Waals surface area contributed by atoms with Crippen LogP contribution in [-0.4, -0.2) is 29.6 Å². The van der Waals surface area contributed by atoms with Gasteiger partial charge in [-0.05, 0) is 37.5 Å². The maximum absolute atomic E-state index is 12.4. The topological polar surface area (TPSA) is 76.4 Å². The number of hydrogen-bond acceptors (Lipinski definition) is 4. The van der Waals surface area contributed by atoms with Crippen LogP contribution in [0.15, 0.2) is 41.6 Å². The van der Waals surface area contributed by atoms with Crippen molar-refractivity contribution in [2.75, 3.05) is 6.54 Å². The maximum Gasteiger partial charge on any atom is 0.243 e. The molecule has 6 nitrogen and oxygen atoms in total. The van der Waals surface area contributed by atoms with Crippen molar-refractivity contribution in [1.29, 1.82) is 0 Å². The fourth-order valence-electron chi connectivity index (χ4n) is 2.47. The fourth-order valence-corrected chi connectivity index (χ4v) is 4.69. The third-order valence-corrected chi connectivity index (χ3v) is 6.03. The van der Waals surface area contributed by atoms with Crippen LogP contribution in [0.3, 0.4) is 0 Å². The minimum absolute atomic E-state index is 0.0894. The van der Waals surface area contributed by atoms with Gasteiger partial charge in [0.2, 0.25) is 10.0 Å². The lowest BCUT2D eigenvalue weighted by molar-refractivity contribution is 0.579. The Kier molecular flexibility index (Phi) is 5.29. The minimum atomic E-state index is -3.75. The Hall–Kier alpha value is -1.67. The van der Waals surface area contributed by atoms with Crippen molar-refractivity contribution in [2.24, 2.45) is 0 Å². The molecule has 0 spiro atoms. The van der Waals surface area contributed by atoms with E-state index in [0.717, 1.165) is 16.9 Å². The third-order valence-electron chi connectivity index (χ3n) is 3.61. The minimum Gasteiger partial charge on any atom is -0.237 e. The Morgan fingerprint density at radius 1 is 1.24 bits per heavy atom. The van der Waals surface area contributed by atoms with Crippen LogP contribution >= 0.6 is 23.2 Å². The molecular formula is C16H16Cl2N4O2S. The average molecular weight is 399 g/mol. The zero-order valence-electron chi connectivity index (χ0n) is 13.4. The molecule has 0 amide bonds. The molecule has 1 N–H and O–H groups in total. The van der Waals surface area contributed by atoms with Gasteiger partial charge in [-0.25, -0.2) is 22.6 Å². The zero-order valence-corrected chi connectivity index (χ0v) is 15.7. The molecule has 2 heterocycles. The molecule has 0 aliphatic heterocycles. The molecular weight excluding hydrogens is 383 g/mol. The van der Waals surface area contributed by atoms with Crippen molar-refractivity contribution in [3.8, 4) is 0 Å². The van der Waals surface area contributed by atoms with Crippen LogP contribution in [0.2, 0.25) is 10.0 Å². The summed E-state index contributed by atoms with van der Waals surface area (Å²) in [5.74, 6) is 0. The van der Waals surface area contributed by atoms with Crippen molar-refractivity contribution in [3.05, 3.63) is 58.0 Å². The lowest BCUT2D eigenvalue weighted by atomic mass is 10.2. The van der Waals surface area contributed by atoms with Crippen LogP contribution in [0.1, 0.15) is 17.7 Å². The molecule has 0 radical (unpaired) electrons. The summed E-state index contributed by atoms with van der Waals surface area (Å²) in [6.45, 7) is 2.17. The highest BCUT2D eigenvalue weighted by atomic mass is 35.5. The normalized spacial score (nSPS) is 12.0.